The van der Waals surface area contributed by atoms with Gasteiger partial charge in [-0.05, 0) is 29.7 Å². The summed E-state index contributed by atoms with van der Waals surface area (Å²) in [6, 6.07) is 10.0. The van der Waals surface area contributed by atoms with E-state index in [0.29, 0.717) is 5.82 Å². The first-order chi connectivity index (χ1) is 9.90. The summed E-state index contributed by atoms with van der Waals surface area (Å²) in [5.41, 5.74) is 3.64. The molecule has 0 bridgehead atoms. The zero-order chi connectivity index (χ0) is 13.4. The molecule has 4 rings (SSSR count). The molecule has 3 heterocycles. The molecule has 0 aliphatic rings. The maximum absolute atomic E-state index is 4.35. The molecule has 0 aliphatic carbocycles. The summed E-state index contributed by atoms with van der Waals surface area (Å²) >= 11 is 0. The van der Waals surface area contributed by atoms with E-state index in [1.165, 1.54) is 5.39 Å². The van der Waals surface area contributed by atoms with Crippen molar-refractivity contribution in [3.8, 4) is 0 Å². The monoisotopic (exact) mass is 261 g/mol. The zero-order valence-corrected chi connectivity index (χ0v) is 10.5. The molecule has 20 heavy (non-hydrogen) atoms. The van der Waals surface area contributed by atoms with Gasteiger partial charge in [0.05, 0.1) is 5.52 Å². The maximum atomic E-state index is 4.35. The van der Waals surface area contributed by atoms with Crippen molar-refractivity contribution in [3.05, 3.63) is 55.1 Å². The molecule has 0 fully saturated rings. The number of fused-ring (bicyclic) bond motifs is 2. The van der Waals surface area contributed by atoms with E-state index in [-0.39, 0.29) is 0 Å². The molecule has 0 atom stereocenters. The number of benzene rings is 1. The molecule has 5 heteroatoms. The van der Waals surface area contributed by atoms with Crippen LogP contribution in [0.25, 0.3) is 21.9 Å². The molecule has 0 saturated carbocycles. The van der Waals surface area contributed by atoms with Crippen molar-refractivity contribution >= 4 is 33.4 Å². The molecule has 1 aromatic carbocycles. The Labute approximate surface area is 114 Å². The lowest BCUT2D eigenvalue weighted by atomic mass is 10.2. The van der Waals surface area contributed by atoms with Gasteiger partial charge in [0.25, 0.3) is 0 Å². The normalized spacial score (nSPS) is 11.0. The minimum atomic E-state index is 0.710. The highest BCUT2D eigenvalue weighted by atomic mass is 15.0. The molecular weight excluding hydrogens is 250 g/mol. The van der Waals surface area contributed by atoms with Gasteiger partial charge in [0, 0.05) is 36.0 Å². The Bertz CT molecular complexity index is 891. The van der Waals surface area contributed by atoms with Gasteiger partial charge in [0.2, 0.25) is 0 Å². The third kappa shape index (κ3) is 1.76. The lowest BCUT2D eigenvalue weighted by Crippen LogP contribution is -1.96. The van der Waals surface area contributed by atoms with Gasteiger partial charge < -0.3 is 10.3 Å². The Hall–Kier alpha value is -2.95. The van der Waals surface area contributed by atoms with E-state index < -0.39 is 0 Å². The van der Waals surface area contributed by atoms with Crippen LogP contribution in [0, 0.1) is 0 Å². The van der Waals surface area contributed by atoms with Crippen LogP contribution in [0.4, 0.5) is 11.5 Å². The summed E-state index contributed by atoms with van der Waals surface area (Å²) in [7, 11) is 0. The number of hydrogen-bond donors (Lipinski definition) is 2. The fraction of sp³-hybridized carbons (Fsp3) is 0. The van der Waals surface area contributed by atoms with Crippen LogP contribution >= 0.6 is 0 Å². The molecule has 0 amide bonds. The highest BCUT2D eigenvalue weighted by Crippen LogP contribution is 2.23. The molecule has 0 saturated heterocycles. The number of pyridine rings is 1. The van der Waals surface area contributed by atoms with Gasteiger partial charge in [-0.3, -0.25) is 4.98 Å². The van der Waals surface area contributed by atoms with Gasteiger partial charge in [0.1, 0.15) is 5.52 Å². The molecule has 5 nitrogen and oxygen atoms in total. The zero-order valence-electron chi connectivity index (χ0n) is 10.5. The molecule has 0 radical (unpaired) electrons. The van der Waals surface area contributed by atoms with Gasteiger partial charge in [-0.15, -0.1) is 0 Å². The van der Waals surface area contributed by atoms with Crippen LogP contribution < -0.4 is 5.32 Å². The summed E-state index contributed by atoms with van der Waals surface area (Å²) in [5, 5.41) is 4.48. The average molecular weight is 261 g/mol. The van der Waals surface area contributed by atoms with Crippen LogP contribution in [0.3, 0.4) is 0 Å². The van der Waals surface area contributed by atoms with Crippen molar-refractivity contribution < 1.29 is 0 Å². The smallest absolute Gasteiger partial charge is 0.158 e. The number of hydrogen-bond acceptors (Lipinski definition) is 4. The summed E-state index contributed by atoms with van der Waals surface area (Å²) in [5.74, 6) is 0.710. The highest BCUT2D eigenvalue weighted by molar-refractivity contribution is 5.89. The Balaban J connectivity index is 1.80. The quantitative estimate of drug-likeness (QED) is 0.581. The van der Waals surface area contributed by atoms with E-state index in [9.17, 15) is 0 Å². The fourth-order valence-corrected chi connectivity index (χ4v) is 2.25. The summed E-state index contributed by atoms with van der Waals surface area (Å²) in [6.45, 7) is 0. The van der Waals surface area contributed by atoms with E-state index in [1.54, 1.807) is 18.6 Å². The number of H-pyrrole nitrogens is 1. The SMILES string of the molecule is c1cc2nccnc2c(Nc2ccc3cc[nH]c3c2)n1. The number of nitrogens with zero attached hydrogens (tertiary/aromatic N) is 3. The van der Waals surface area contributed by atoms with E-state index in [2.05, 4.69) is 31.3 Å². The van der Waals surface area contributed by atoms with Crippen molar-refractivity contribution in [1.82, 2.24) is 19.9 Å². The highest BCUT2D eigenvalue weighted by Gasteiger charge is 2.05. The number of rotatable bonds is 2. The van der Waals surface area contributed by atoms with Gasteiger partial charge >= 0.3 is 0 Å². The van der Waals surface area contributed by atoms with Crippen molar-refractivity contribution in [1.29, 1.82) is 0 Å². The third-order valence-electron chi connectivity index (χ3n) is 3.20. The van der Waals surface area contributed by atoms with Crippen molar-refractivity contribution in [2.24, 2.45) is 0 Å². The predicted molar refractivity (Wildman–Crippen MR) is 78.9 cm³/mol. The molecule has 3 aromatic heterocycles. The molecule has 0 unspecified atom stereocenters. The van der Waals surface area contributed by atoms with Gasteiger partial charge in [0.15, 0.2) is 5.82 Å². The number of aromatic nitrogens is 4. The molecule has 2 N–H and O–H groups in total. The average Bonchev–Trinajstić information content (AvgIpc) is 2.95. The Morgan fingerprint density at radius 2 is 1.85 bits per heavy atom. The number of aromatic amines is 1. The second kappa shape index (κ2) is 4.31. The van der Waals surface area contributed by atoms with Crippen molar-refractivity contribution in [3.63, 3.8) is 0 Å². The van der Waals surface area contributed by atoms with E-state index in [4.69, 9.17) is 0 Å². The van der Waals surface area contributed by atoms with Crippen molar-refractivity contribution in [2.45, 2.75) is 0 Å². The first-order valence-electron chi connectivity index (χ1n) is 6.30. The Morgan fingerprint density at radius 3 is 2.85 bits per heavy atom. The number of nitrogens with one attached hydrogen (secondary N) is 2. The lowest BCUT2D eigenvalue weighted by Gasteiger charge is -2.07. The first-order valence-corrected chi connectivity index (χ1v) is 6.30. The van der Waals surface area contributed by atoms with Crippen LogP contribution in [-0.4, -0.2) is 19.9 Å². The van der Waals surface area contributed by atoms with E-state index in [1.807, 2.05) is 30.5 Å². The molecular formula is C15H11N5. The fourth-order valence-electron chi connectivity index (χ4n) is 2.25. The minimum Gasteiger partial charge on any atom is -0.361 e. The van der Waals surface area contributed by atoms with Gasteiger partial charge in [-0.1, -0.05) is 6.07 Å². The van der Waals surface area contributed by atoms with E-state index >= 15 is 0 Å². The maximum Gasteiger partial charge on any atom is 0.158 e. The minimum absolute atomic E-state index is 0.710. The van der Waals surface area contributed by atoms with Crippen LogP contribution in [0.1, 0.15) is 0 Å². The third-order valence-corrected chi connectivity index (χ3v) is 3.20. The first kappa shape index (κ1) is 10.9. The van der Waals surface area contributed by atoms with Crippen LogP contribution in [0.15, 0.2) is 55.1 Å². The van der Waals surface area contributed by atoms with Crippen LogP contribution in [0.2, 0.25) is 0 Å². The van der Waals surface area contributed by atoms with Crippen LogP contribution in [-0.2, 0) is 0 Å². The standard InChI is InChI=1S/C15H11N5/c1-2-11(9-13-10(1)3-5-16-13)20-15-14-12(4-6-19-15)17-7-8-18-14/h1-9,16H,(H,19,20). The summed E-state index contributed by atoms with van der Waals surface area (Å²) in [4.78, 5) is 16.2. The topological polar surface area (TPSA) is 66.5 Å². The molecule has 0 aliphatic heterocycles. The van der Waals surface area contributed by atoms with Crippen LogP contribution in [0.5, 0.6) is 0 Å². The lowest BCUT2D eigenvalue weighted by molar-refractivity contribution is 1.24. The summed E-state index contributed by atoms with van der Waals surface area (Å²) < 4.78 is 0. The van der Waals surface area contributed by atoms with E-state index in [0.717, 1.165) is 22.2 Å². The second-order valence-corrected chi connectivity index (χ2v) is 4.49. The predicted octanol–water partition coefficient (Wildman–Crippen LogP) is 3.25. The molecule has 0 spiro atoms. The van der Waals surface area contributed by atoms with Gasteiger partial charge in [-0.2, -0.15) is 0 Å². The second-order valence-electron chi connectivity index (χ2n) is 4.49. The Morgan fingerprint density at radius 1 is 0.900 bits per heavy atom. The Kier molecular flexibility index (Phi) is 2.35. The number of anilines is 2. The largest absolute Gasteiger partial charge is 0.361 e. The van der Waals surface area contributed by atoms with Crippen molar-refractivity contribution in [2.75, 3.05) is 5.32 Å². The van der Waals surface area contributed by atoms with Gasteiger partial charge in [-0.25, -0.2) is 9.97 Å². The summed E-state index contributed by atoms with van der Waals surface area (Å²) in [6.07, 6.45) is 7.00. The molecule has 96 valence electrons. The molecule has 4 aromatic rings.